The smallest absolute Gasteiger partial charge is 0.119 e. The number of methoxy groups -OCH3 is 1. The van der Waals surface area contributed by atoms with Crippen molar-refractivity contribution in [3.8, 4) is 5.75 Å². The van der Waals surface area contributed by atoms with Crippen molar-refractivity contribution < 1.29 is 4.74 Å². The van der Waals surface area contributed by atoms with E-state index in [0.29, 0.717) is 12.0 Å². The van der Waals surface area contributed by atoms with Crippen LogP contribution in [-0.2, 0) is 6.54 Å². The van der Waals surface area contributed by atoms with Crippen molar-refractivity contribution in [2.45, 2.75) is 39.8 Å². The average Bonchev–Trinajstić information content (AvgIpc) is 2.36. The molecule has 2 nitrogen and oxygen atoms in total. The third kappa shape index (κ3) is 4.32. The van der Waals surface area contributed by atoms with Gasteiger partial charge in [-0.2, -0.15) is 0 Å². The highest BCUT2D eigenvalue weighted by Crippen LogP contribution is 2.22. The number of rotatable bonds is 6. The molecule has 0 amide bonds. The third-order valence-electron chi connectivity index (χ3n) is 3.36. The van der Waals surface area contributed by atoms with Gasteiger partial charge in [-0.25, -0.2) is 0 Å². The van der Waals surface area contributed by atoms with E-state index in [1.807, 2.05) is 12.1 Å². The van der Waals surface area contributed by atoms with Gasteiger partial charge in [0.15, 0.2) is 0 Å². The quantitative estimate of drug-likeness (QED) is 0.858. The first-order valence-electron chi connectivity index (χ1n) is 6.14. The molecule has 1 aromatic carbocycles. The van der Waals surface area contributed by atoms with Gasteiger partial charge in [0.2, 0.25) is 0 Å². The Kier molecular flexibility index (Phi) is 6.00. The van der Waals surface area contributed by atoms with Gasteiger partial charge in [-0.05, 0) is 36.6 Å². The lowest BCUT2D eigenvalue weighted by atomic mass is 10.0. The standard InChI is InChI=1S/C14H22BrNO/c1-5-10(2)11(3)16-9-12-8-13(17-4)6-7-14(12)15/h6-8,10-11,16H,5,9H2,1-4H3. The van der Waals surface area contributed by atoms with E-state index in [4.69, 9.17) is 4.74 Å². The molecule has 3 heteroatoms. The van der Waals surface area contributed by atoms with E-state index in [-0.39, 0.29) is 0 Å². The van der Waals surface area contributed by atoms with E-state index >= 15 is 0 Å². The van der Waals surface area contributed by atoms with Crippen LogP contribution in [0.4, 0.5) is 0 Å². The number of halogens is 1. The first kappa shape index (κ1) is 14.5. The maximum atomic E-state index is 5.24. The zero-order valence-electron chi connectivity index (χ0n) is 11.1. The van der Waals surface area contributed by atoms with Gasteiger partial charge in [0.1, 0.15) is 5.75 Å². The minimum Gasteiger partial charge on any atom is -0.497 e. The molecule has 1 N–H and O–H groups in total. The van der Waals surface area contributed by atoms with E-state index in [2.05, 4.69) is 48.1 Å². The Morgan fingerprint density at radius 3 is 2.65 bits per heavy atom. The largest absolute Gasteiger partial charge is 0.497 e. The highest BCUT2D eigenvalue weighted by Gasteiger charge is 2.10. The van der Waals surface area contributed by atoms with Crippen molar-refractivity contribution in [2.24, 2.45) is 5.92 Å². The lowest BCUT2D eigenvalue weighted by molar-refractivity contribution is 0.387. The summed E-state index contributed by atoms with van der Waals surface area (Å²) in [5, 5.41) is 3.56. The maximum Gasteiger partial charge on any atom is 0.119 e. The number of ether oxygens (including phenoxy) is 1. The van der Waals surface area contributed by atoms with Gasteiger partial charge in [0, 0.05) is 17.1 Å². The van der Waals surface area contributed by atoms with Crippen molar-refractivity contribution in [3.05, 3.63) is 28.2 Å². The van der Waals surface area contributed by atoms with Crippen LogP contribution in [-0.4, -0.2) is 13.2 Å². The molecule has 0 aromatic heterocycles. The molecule has 2 unspecified atom stereocenters. The molecule has 0 fully saturated rings. The molecule has 0 aliphatic carbocycles. The highest BCUT2D eigenvalue weighted by atomic mass is 79.9. The molecule has 2 atom stereocenters. The molecule has 1 rings (SSSR count). The van der Waals surface area contributed by atoms with Crippen molar-refractivity contribution in [1.82, 2.24) is 5.32 Å². The second-order valence-electron chi connectivity index (χ2n) is 4.51. The topological polar surface area (TPSA) is 21.3 Å². The van der Waals surface area contributed by atoms with Gasteiger partial charge < -0.3 is 10.1 Å². The average molecular weight is 300 g/mol. The molecule has 0 heterocycles. The van der Waals surface area contributed by atoms with Crippen LogP contribution < -0.4 is 10.1 Å². The number of benzene rings is 1. The second-order valence-corrected chi connectivity index (χ2v) is 5.37. The van der Waals surface area contributed by atoms with Gasteiger partial charge in [-0.1, -0.05) is 36.2 Å². The van der Waals surface area contributed by atoms with Crippen LogP contribution in [0.15, 0.2) is 22.7 Å². The normalized spacial score (nSPS) is 14.4. The summed E-state index contributed by atoms with van der Waals surface area (Å²) in [6.07, 6.45) is 1.20. The molecule has 17 heavy (non-hydrogen) atoms. The Morgan fingerprint density at radius 1 is 1.35 bits per heavy atom. The second kappa shape index (κ2) is 7.02. The number of hydrogen-bond donors (Lipinski definition) is 1. The molecule has 0 radical (unpaired) electrons. The molecule has 0 spiro atoms. The molecule has 0 aliphatic rings. The number of nitrogens with one attached hydrogen (secondary N) is 1. The van der Waals surface area contributed by atoms with Crippen LogP contribution in [0.5, 0.6) is 5.75 Å². The summed E-state index contributed by atoms with van der Waals surface area (Å²) in [5.74, 6) is 1.60. The molecule has 1 aromatic rings. The summed E-state index contributed by atoms with van der Waals surface area (Å²) in [6, 6.07) is 6.59. The molecular weight excluding hydrogens is 278 g/mol. The van der Waals surface area contributed by atoms with Crippen LogP contribution in [0.3, 0.4) is 0 Å². The Balaban J connectivity index is 2.62. The van der Waals surface area contributed by atoms with Crippen LogP contribution in [0.25, 0.3) is 0 Å². The zero-order chi connectivity index (χ0) is 12.8. The lowest BCUT2D eigenvalue weighted by Crippen LogP contribution is -2.31. The summed E-state index contributed by atoms with van der Waals surface area (Å²) >= 11 is 3.57. The van der Waals surface area contributed by atoms with Gasteiger partial charge in [0.05, 0.1) is 7.11 Å². The Labute approximate surface area is 113 Å². The Bertz CT molecular complexity index is 354. The molecule has 0 saturated carbocycles. The molecule has 96 valence electrons. The lowest BCUT2D eigenvalue weighted by Gasteiger charge is -2.20. The van der Waals surface area contributed by atoms with Gasteiger partial charge in [-0.3, -0.25) is 0 Å². The highest BCUT2D eigenvalue weighted by molar-refractivity contribution is 9.10. The summed E-state index contributed by atoms with van der Waals surface area (Å²) in [4.78, 5) is 0. The van der Waals surface area contributed by atoms with Gasteiger partial charge >= 0.3 is 0 Å². The minimum atomic E-state index is 0.526. The van der Waals surface area contributed by atoms with E-state index in [1.165, 1.54) is 12.0 Å². The summed E-state index contributed by atoms with van der Waals surface area (Å²) in [6.45, 7) is 7.61. The van der Waals surface area contributed by atoms with Crippen molar-refractivity contribution >= 4 is 15.9 Å². The van der Waals surface area contributed by atoms with E-state index in [9.17, 15) is 0 Å². The van der Waals surface area contributed by atoms with E-state index < -0.39 is 0 Å². The van der Waals surface area contributed by atoms with Crippen molar-refractivity contribution in [3.63, 3.8) is 0 Å². The summed E-state index contributed by atoms with van der Waals surface area (Å²) < 4.78 is 6.36. The molecule has 0 saturated heterocycles. The Hall–Kier alpha value is -0.540. The molecular formula is C14H22BrNO. The summed E-state index contributed by atoms with van der Waals surface area (Å²) in [5.41, 5.74) is 1.24. The summed E-state index contributed by atoms with van der Waals surface area (Å²) in [7, 11) is 1.70. The fraction of sp³-hybridized carbons (Fsp3) is 0.571. The number of hydrogen-bond acceptors (Lipinski definition) is 2. The van der Waals surface area contributed by atoms with E-state index in [1.54, 1.807) is 7.11 Å². The van der Waals surface area contributed by atoms with Crippen LogP contribution >= 0.6 is 15.9 Å². The fourth-order valence-corrected chi connectivity index (χ4v) is 2.03. The molecule has 0 bridgehead atoms. The molecule has 0 aliphatic heterocycles. The third-order valence-corrected chi connectivity index (χ3v) is 4.14. The van der Waals surface area contributed by atoms with Gasteiger partial charge in [0.25, 0.3) is 0 Å². The SMILES string of the molecule is CCC(C)C(C)NCc1cc(OC)ccc1Br. The van der Waals surface area contributed by atoms with Crippen LogP contribution in [0.1, 0.15) is 32.8 Å². The predicted molar refractivity (Wildman–Crippen MR) is 76.5 cm³/mol. The minimum absolute atomic E-state index is 0.526. The van der Waals surface area contributed by atoms with Crippen LogP contribution in [0.2, 0.25) is 0 Å². The van der Waals surface area contributed by atoms with Crippen LogP contribution in [0, 0.1) is 5.92 Å². The van der Waals surface area contributed by atoms with Crippen molar-refractivity contribution in [2.75, 3.05) is 7.11 Å². The first-order valence-corrected chi connectivity index (χ1v) is 6.93. The zero-order valence-corrected chi connectivity index (χ0v) is 12.7. The van der Waals surface area contributed by atoms with E-state index in [0.717, 1.165) is 16.8 Å². The van der Waals surface area contributed by atoms with Gasteiger partial charge in [-0.15, -0.1) is 0 Å². The van der Waals surface area contributed by atoms with Crippen molar-refractivity contribution in [1.29, 1.82) is 0 Å². The fourth-order valence-electron chi connectivity index (χ4n) is 1.64. The monoisotopic (exact) mass is 299 g/mol. The Morgan fingerprint density at radius 2 is 2.06 bits per heavy atom. The maximum absolute atomic E-state index is 5.24. The first-order chi connectivity index (χ1) is 8.08. The predicted octanol–water partition coefficient (Wildman–Crippen LogP) is 3.98.